The molecule has 2 aromatic rings. The van der Waals surface area contributed by atoms with Crippen molar-refractivity contribution in [3.05, 3.63) is 22.8 Å². The van der Waals surface area contributed by atoms with Gasteiger partial charge in [-0.3, -0.25) is 5.32 Å². The molecule has 2 N–H and O–H groups in total. The van der Waals surface area contributed by atoms with Crippen LogP contribution in [-0.2, 0) is 10.0 Å². The van der Waals surface area contributed by atoms with Crippen molar-refractivity contribution in [2.45, 2.75) is 10.4 Å². The molecular formula is C13H10F5N5O5S2. The normalized spacial score (nSPS) is 12.8. The molecule has 164 valence electrons. The number of aromatic nitrogens is 3. The van der Waals surface area contributed by atoms with Crippen molar-refractivity contribution in [2.24, 2.45) is 0 Å². The molecule has 0 aliphatic heterocycles. The molecule has 0 bridgehead atoms. The van der Waals surface area contributed by atoms with Gasteiger partial charge in [0.2, 0.25) is 11.8 Å². The quantitative estimate of drug-likeness (QED) is 0.610. The van der Waals surface area contributed by atoms with Crippen LogP contribution < -0.4 is 19.5 Å². The van der Waals surface area contributed by atoms with Crippen molar-refractivity contribution in [3.63, 3.8) is 0 Å². The molecule has 0 aromatic carbocycles. The Morgan fingerprint density at radius 2 is 1.67 bits per heavy atom. The highest BCUT2D eigenvalue weighted by molar-refractivity contribution is 7.92. The van der Waals surface area contributed by atoms with Crippen LogP contribution in [0.25, 0.3) is 5.83 Å². The maximum absolute atomic E-state index is 13.8. The third kappa shape index (κ3) is 5.29. The van der Waals surface area contributed by atoms with Crippen LogP contribution in [0.2, 0.25) is 0 Å². The molecule has 10 nitrogen and oxygen atoms in total. The Balaban J connectivity index is 2.29. The van der Waals surface area contributed by atoms with Crippen LogP contribution >= 0.6 is 11.3 Å². The average Bonchev–Trinajstić information content (AvgIpc) is 3.16. The second-order valence-corrected chi connectivity index (χ2v) is 7.73. The Morgan fingerprint density at radius 3 is 2.17 bits per heavy atom. The van der Waals surface area contributed by atoms with Gasteiger partial charge in [0.05, 0.1) is 14.2 Å². The van der Waals surface area contributed by atoms with E-state index in [4.69, 9.17) is 9.47 Å². The van der Waals surface area contributed by atoms with E-state index in [1.807, 2.05) is 5.32 Å². The average molecular weight is 475 g/mol. The lowest BCUT2D eigenvalue weighted by molar-refractivity contribution is -0.108. The van der Waals surface area contributed by atoms with Crippen molar-refractivity contribution in [3.8, 4) is 12.0 Å². The summed E-state index contributed by atoms with van der Waals surface area (Å²) in [5, 5.41) is 2.79. The van der Waals surface area contributed by atoms with Crippen LogP contribution in [0.15, 0.2) is 21.5 Å². The van der Waals surface area contributed by atoms with Gasteiger partial charge in [-0.05, 0) is 11.4 Å². The molecule has 0 atom stereocenters. The molecule has 2 rings (SSSR count). The second kappa shape index (κ2) is 8.74. The van der Waals surface area contributed by atoms with E-state index < -0.39 is 49.6 Å². The lowest BCUT2D eigenvalue weighted by Crippen LogP contribution is -2.35. The van der Waals surface area contributed by atoms with E-state index in [9.17, 15) is 35.2 Å². The molecule has 0 aliphatic rings. The van der Waals surface area contributed by atoms with E-state index in [1.54, 1.807) is 0 Å². The molecule has 0 aliphatic carbocycles. The minimum Gasteiger partial charge on any atom is -0.467 e. The van der Waals surface area contributed by atoms with Crippen molar-refractivity contribution in [1.29, 1.82) is 0 Å². The number of carbonyl (C=O) groups excluding carboxylic acids is 1. The number of hydrogen-bond donors (Lipinski definition) is 2. The molecular weight excluding hydrogens is 465 g/mol. The zero-order chi connectivity index (χ0) is 22.7. The summed E-state index contributed by atoms with van der Waals surface area (Å²) in [6.45, 7) is 0. The molecule has 0 radical (unpaired) electrons. The van der Waals surface area contributed by atoms with E-state index in [1.165, 1.54) is 18.9 Å². The summed E-state index contributed by atoms with van der Waals surface area (Å²) >= 11 is 0.253. The molecule has 2 heterocycles. The zero-order valence-electron chi connectivity index (χ0n) is 14.7. The third-order valence-corrected chi connectivity index (χ3v) is 5.78. The summed E-state index contributed by atoms with van der Waals surface area (Å²) in [5.74, 6) is -6.07. The summed E-state index contributed by atoms with van der Waals surface area (Å²) in [7, 11) is -2.54. The summed E-state index contributed by atoms with van der Waals surface area (Å²) in [6, 6.07) is -1.45. The fraction of sp³-hybridized carbons (Fsp3) is 0.231. The minimum absolute atomic E-state index is 0.253. The van der Waals surface area contributed by atoms with Crippen LogP contribution in [0, 0.1) is 0 Å². The fourth-order valence-corrected chi connectivity index (χ4v) is 4.03. The molecule has 2 amide bonds. The molecule has 0 saturated carbocycles. The van der Waals surface area contributed by atoms with Gasteiger partial charge < -0.3 is 9.47 Å². The van der Waals surface area contributed by atoms with Gasteiger partial charge in [-0.2, -0.15) is 27.5 Å². The number of halogens is 5. The van der Waals surface area contributed by atoms with Crippen molar-refractivity contribution in [1.82, 2.24) is 19.7 Å². The number of amides is 2. The number of thiophene rings is 1. The maximum atomic E-state index is 13.8. The summed E-state index contributed by atoms with van der Waals surface area (Å²) in [6.07, 6.45) is -5.67. The second-order valence-electron chi connectivity index (χ2n) is 4.94. The number of urea groups is 1. The predicted octanol–water partition coefficient (Wildman–Crippen LogP) is 2.63. The number of allylic oxidation sites excluding steroid dienone is 1. The third-order valence-electron chi connectivity index (χ3n) is 2.96. The van der Waals surface area contributed by atoms with Gasteiger partial charge in [-0.15, -0.1) is 16.3 Å². The van der Waals surface area contributed by atoms with Gasteiger partial charge in [-0.25, -0.2) is 22.3 Å². The molecule has 0 fully saturated rings. The van der Waals surface area contributed by atoms with E-state index in [2.05, 4.69) is 15.0 Å². The van der Waals surface area contributed by atoms with Gasteiger partial charge in [-0.1, -0.05) is 0 Å². The van der Waals surface area contributed by atoms with Gasteiger partial charge in [0.15, 0.2) is 10.0 Å². The number of hydrogen-bond acceptors (Lipinski definition) is 9. The largest absolute Gasteiger partial charge is 0.467 e. The standard InChI is InChI=1S/C13H10F5N5O5S2/c1-27-11-20-9(21-12(22-11)28-2)19-10(24)23-30(25,26)8-5(3-4-29-8)6(14)7(15)13(16,17)18/h3-4H,1-2H3,(H2,19,20,21,22,23,24). The highest BCUT2D eigenvalue weighted by Crippen LogP contribution is 2.38. The number of ether oxygens (including phenoxy) is 2. The van der Waals surface area contributed by atoms with Crippen molar-refractivity contribution < 1.29 is 44.6 Å². The summed E-state index contributed by atoms with van der Waals surface area (Å²) < 4.78 is 98.4. The topological polar surface area (TPSA) is 132 Å². The number of rotatable bonds is 6. The smallest absolute Gasteiger partial charge is 0.445 e. The Bertz CT molecular complexity index is 1060. The van der Waals surface area contributed by atoms with Gasteiger partial charge in [0.25, 0.3) is 10.0 Å². The van der Waals surface area contributed by atoms with Crippen LogP contribution in [-0.4, -0.2) is 49.8 Å². The van der Waals surface area contributed by atoms with E-state index >= 15 is 0 Å². The number of anilines is 1. The number of alkyl halides is 3. The summed E-state index contributed by atoms with van der Waals surface area (Å²) in [4.78, 5) is 22.8. The molecule has 17 heteroatoms. The van der Waals surface area contributed by atoms with Crippen LogP contribution in [0.4, 0.5) is 32.7 Å². The lowest BCUT2D eigenvalue weighted by atomic mass is 10.2. The molecule has 0 spiro atoms. The predicted molar refractivity (Wildman–Crippen MR) is 91.8 cm³/mol. The first kappa shape index (κ1) is 23.2. The minimum atomic E-state index is -5.67. The van der Waals surface area contributed by atoms with Crippen molar-refractivity contribution >= 4 is 39.2 Å². The van der Waals surface area contributed by atoms with Crippen molar-refractivity contribution in [2.75, 3.05) is 19.5 Å². The Labute approximate surface area is 168 Å². The molecule has 0 unspecified atom stereocenters. The highest BCUT2D eigenvalue weighted by Gasteiger charge is 2.40. The van der Waals surface area contributed by atoms with Crippen LogP contribution in [0.5, 0.6) is 12.0 Å². The van der Waals surface area contributed by atoms with E-state index in [0.29, 0.717) is 6.07 Å². The Morgan fingerprint density at radius 1 is 1.10 bits per heavy atom. The lowest BCUT2D eigenvalue weighted by Gasteiger charge is -2.10. The first-order valence-electron chi connectivity index (χ1n) is 7.27. The molecule has 2 aromatic heterocycles. The number of nitrogens with zero attached hydrogens (tertiary/aromatic N) is 3. The van der Waals surface area contributed by atoms with E-state index in [-0.39, 0.29) is 23.4 Å². The number of methoxy groups -OCH3 is 2. The van der Waals surface area contributed by atoms with Gasteiger partial charge in [0.1, 0.15) is 0 Å². The maximum Gasteiger partial charge on any atom is 0.445 e. The highest BCUT2D eigenvalue weighted by atomic mass is 32.2. The van der Waals surface area contributed by atoms with Gasteiger partial charge in [0, 0.05) is 5.56 Å². The Kier molecular flexibility index (Phi) is 6.76. The summed E-state index contributed by atoms with van der Waals surface area (Å²) in [5.41, 5.74) is -1.21. The zero-order valence-corrected chi connectivity index (χ0v) is 16.4. The SMILES string of the molecule is COc1nc(NC(=O)NS(=O)(=O)c2sccc2C(F)=C(F)C(F)(F)F)nc(OC)n1. The first-order valence-corrected chi connectivity index (χ1v) is 9.63. The van der Waals surface area contributed by atoms with Crippen LogP contribution in [0.3, 0.4) is 0 Å². The number of sulfonamides is 1. The first-order chi connectivity index (χ1) is 13.9. The van der Waals surface area contributed by atoms with Crippen LogP contribution in [0.1, 0.15) is 5.56 Å². The fourth-order valence-electron chi connectivity index (χ4n) is 1.78. The number of nitrogens with one attached hydrogen (secondary N) is 2. The van der Waals surface area contributed by atoms with E-state index in [0.717, 1.165) is 5.38 Å². The monoisotopic (exact) mass is 475 g/mol. The molecule has 30 heavy (non-hydrogen) atoms. The molecule has 0 saturated heterocycles. The van der Waals surface area contributed by atoms with Gasteiger partial charge >= 0.3 is 24.2 Å². The number of carbonyl (C=O) groups is 1. The Hall–Kier alpha value is -3.08.